The van der Waals surface area contributed by atoms with Gasteiger partial charge in [-0.15, -0.1) is 0 Å². The topological polar surface area (TPSA) is 53.1 Å². The summed E-state index contributed by atoms with van der Waals surface area (Å²) in [7, 11) is 0. The molecule has 0 aliphatic carbocycles. The van der Waals surface area contributed by atoms with Crippen LogP contribution >= 0.6 is 0 Å². The van der Waals surface area contributed by atoms with Crippen LogP contribution in [0.5, 0.6) is 0 Å². The molecule has 0 bridgehead atoms. The second-order valence-corrected chi connectivity index (χ2v) is 9.94. The van der Waals surface area contributed by atoms with E-state index in [-0.39, 0.29) is 23.5 Å². The summed E-state index contributed by atoms with van der Waals surface area (Å²) in [6.07, 6.45) is -0.327. The molecular weight excluding hydrogens is 402 g/mol. The van der Waals surface area contributed by atoms with Crippen molar-refractivity contribution in [2.24, 2.45) is 5.41 Å². The van der Waals surface area contributed by atoms with Gasteiger partial charge in [-0.25, -0.2) is 4.79 Å². The van der Waals surface area contributed by atoms with Crippen molar-refractivity contribution in [2.75, 3.05) is 42.6 Å². The number of carbonyl (C=O) groups is 2. The van der Waals surface area contributed by atoms with E-state index in [0.29, 0.717) is 25.3 Å². The molecule has 0 N–H and O–H groups in total. The zero-order chi connectivity index (χ0) is 23.0. The van der Waals surface area contributed by atoms with Crippen LogP contribution in [-0.4, -0.2) is 55.7 Å². The number of hydrogen-bond acceptors (Lipinski definition) is 4. The van der Waals surface area contributed by atoms with E-state index < -0.39 is 0 Å². The molecule has 2 aliphatic heterocycles. The highest BCUT2D eigenvalue weighted by Crippen LogP contribution is 2.33. The molecular formula is C26H33N3O3. The fourth-order valence-corrected chi connectivity index (χ4v) is 4.60. The molecule has 170 valence electrons. The molecule has 2 aliphatic rings. The summed E-state index contributed by atoms with van der Waals surface area (Å²) < 4.78 is 5.30. The summed E-state index contributed by atoms with van der Waals surface area (Å²) in [6.45, 7) is 14.0. The van der Waals surface area contributed by atoms with E-state index in [4.69, 9.17) is 4.74 Å². The van der Waals surface area contributed by atoms with Crippen LogP contribution in [0.2, 0.25) is 0 Å². The Morgan fingerprint density at radius 3 is 2.22 bits per heavy atom. The van der Waals surface area contributed by atoms with Crippen LogP contribution in [-0.2, 0) is 4.74 Å². The average Bonchev–Trinajstić information content (AvgIpc) is 3.15. The number of nitrogens with zero attached hydrogens (tertiary/aromatic N) is 3. The van der Waals surface area contributed by atoms with Gasteiger partial charge in [0.1, 0.15) is 6.61 Å². The van der Waals surface area contributed by atoms with E-state index in [2.05, 4.69) is 57.7 Å². The molecule has 0 spiro atoms. The normalized spacial score (nSPS) is 19.3. The minimum Gasteiger partial charge on any atom is -0.447 e. The van der Waals surface area contributed by atoms with E-state index in [1.807, 2.05) is 29.2 Å². The Balaban J connectivity index is 1.42. The average molecular weight is 436 g/mol. The van der Waals surface area contributed by atoms with Gasteiger partial charge >= 0.3 is 6.09 Å². The van der Waals surface area contributed by atoms with Gasteiger partial charge < -0.3 is 14.5 Å². The van der Waals surface area contributed by atoms with Crippen LogP contribution in [0.1, 0.15) is 42.3 Å². The second-order valence-electron chi connectivity index (χ2n) is 9.94. The molecule has 2 saturated heterocycles. The first-order valence-electron chi connectivity index (χ1n) is 11.3. The molecule has 6 nitrogen and oxygen atoms in total. The number of hydrogen-bond donors (Lipinski definition) is 0. The zero-order valence-corrected chi connectivity index (χ0v) is 19.7. The number of rotatable bonds is 3. The Morgan fingerprint density at radius 2 is 1.62 bits per heavy atom. The Morgan fingerprint density at radius 1 is 0.969 bits per heavy atom. The van der Waals surface area contributed by atoms with Crippen LogP contribution in [0.15, 0.2) is 42.5 Å². The first-order chi connectivity index (χ1) is 15.1. The molecule has 4 rings (SSSR count). The molecule has 6 heteroatoms. The van der Waals surface area contributed by atoms with Crippen molar-refractivity contribution in [3.8, 4) is 0 Å². The van der Waals surface area contributed by atoms with Crippen LogP contribution < -0.4 is 9.80 Å². The molecule has 0 aromatic heterocycles. The summed E-state index contributed by atoms with van der Waals surface area (Å²) in [5.74, 6) is 0.0354. The Bertz CT molecular complexity index is 1000. The third-order valence-corrected chi connectivity index (χ3v) is 6.53. The summed E-state index contributed by atoms with van der Waals surface area (Å²) >= 11 is 0. The molecule has 0 unspecified atom stereocenters. The fourth-order valence-electron chi connectivity index (χ4n) is 4.60. The molecule has 32 heavy (non-hydrogen) atoms. The van der Waals surface area contributed by atoms with Crippen molar-refractivity contribution in [2.45, 2.75) is 40.7 Å². The lowest BCUT2D eigenvalue weighted by atomic mass is 9.86. The number of amides is 2. The van der Waals surface area contributed by atoms with Crippen LogP contribution in [0, 0.1) is 19.3 Å². The maximum Gasteiger partial charge on any atom is 0.414 e. The lowest BCUT2D eigenvalue weighted by Crippen LogP contribution is -2.49. The van der Waals surface area contributed by atoms with E-state index in [9.17, 15) is 9.59 Å². The second kappa shape index (κ2) is 8.49. The van der Waals surface area contributed by atoms with Crippen molar-refractivity contribution >= 4 is 23.4 Å². The molecule has 0 radical (unpaired) electrons. The zero-order valence-electron chi connectivity index (χ0n) is 19.7. The van der Waals surface area contributed by atoms with Gasteiger partial charge in [-0.3, -0.25) is 9.69 Å². The monoisotopic (exact) mass is 435 g/mol. The number of carbonyl (C=O) groups excluding carboxylic acids is 2. The molecule has 2 amide bonds. The molecule has 1 atom stereocenters. The molecule has 0 saturated carbocycles. The number of benzene rings is 2. The maximum atomic E-state index is 13.1. The maximum absolute atomic E-state index is 13.1. The molecule has 2 fully saturated rings. The van der Waals surface area contributed by atoms with Crippen molar-refractivity contribution in [1.29, 1.82) is 0 Å². The number of piperazine rings is 1. The number of cyclic esters (lactones) is 1. The first-order valence-corrected chi connectivity index (χ1v) is 11.3. The minimum atomic E-state index is -0.327. The summed E-state index contributed by atoms with van der Waals surface area (Å²) in [4.78, 5) is 31.4. The standard InChI is InChI=1S/C26H33N3O3/c1-18-6-11-22(19(2)16-18)27-12-14-28(15-13-27)24(30)20-7-9-21(10-8-20)29-23(26(3,4)5)17-32-25(29)31/h6-11,16,23H,12-15,17H2,1-5H3/t23-/m0/s1. The van der Waals surface area contributed by atoms with Gasteiger partial charge in [0.05, 0.1) is 6.04 Å². The smallest absolute Gasteiger partial charge is 0.414 e. The van der Waals surface area contributed by atoms with Gasteiger partial charge in [0.2, 0.25) is 0 Å². The highest BCUT2D eigenvalue weighted by molar-refractivity contribution is 5.96. The predicted octanol–water partition coefficient (Wildman–Crippen LogP) is 4.64. The van der Waals surface area contributed by atoms with Crippen molar-refractivity contribution in [1.82, 2.24) is 4.90 Å². The largest absolute Gasteiger partial charge is 0.447 e. The first kappa shape index (κ1) is 22.2. The van der Waals surface area contributed by atoms with Gasteiger partial charge in [-0.05, 0) is 55.2 Å². The van der Waals surface area contributed by atoms with E-state index in [0.717, 1.165) is 18.8 Å². The molecule has 2 aromatic carbocycles. The Kier molecular flexibility index (Phi) is 5.89. The van der Waals surface area contributed by atoms with Gasteiger partial charge in [-0.2, -0.15) is 0 Å². The van der Waals surface area contributed by atoms with Gasteiger partial charge in [0, 0.05) is 43.1 Å². The minimum absolute atomic E-state index is 0.0325. The number of aryl methyl sites for hydroxylation is 2. The highest BCUT2D eigenvalue weighted by atomic mass is 16.6. The number of anilines is 2. The van der Waals surface area contributed by atoms with E-state index >= 15 is 0 Å². The Hall–Kier alpha value is -3.02. The van der Waals surface area contributed by atoms with Crippen LogP contribution in [0.25, 0.3) is 0 Å². The van der Waals surface area contributed by atoms with Gasteiger partial charge in [-0.1, -0.05) is 38.5 Å². The SMILES string of the molecule is Cc1ccc(N2CCN(C(=O)c3ccc(N4C(=O)OC[C@H]4C(C)(C)C)cc3)CC2)c(C)c1. The predicted molar refractivity (Wildman–Crippen MR) is 128 cm³/mol. The van der Waals surface area contributed by atoms with Crippen LogP contribution in [0.3, 0.4) is 0 Å². The lowest BCUT2D eigenvalue weighted by molar-refractivity contribution is 0.0746. The van der Waals surface area contributed by atoms with E-state index in [1.165, 1.54) is 16.8 Å². The third kappa shape index (κ3) is 4.31. The number of ether oxygens (including phenoxy) is 1. The molecule has 2 heterocycles. The third-order valence-electron chi connectivity index (χ3n) is 6.53. The van der Waals surface area contributed by atoms with Gasteiger partial charge in [0.25, 0.3) is 5.91 Å². The quantitative estimate of drug-likeness (QED) is 0.705. The van der Waals surface area contributed by atoms with Gasteiger partial charge in [0.15, 0.2) is 0 Å². The van der Waals surface area contributed by atoms with Crippen LogP contribution in [0.4, 0.5) is 16.2 Å². The Labute approximate surface area is 190 Å². The lowest BCUT2D eigenvalue weighted by Gasteiger charge is -2.37. The van der Waals surface area contributed by atoms with Crippen molar-refractivity contribution in [3.05, 3.63) is 59.2 Å². The molecule has 2 aromatic rings. The summed E-state index contributed by atoms with van der Waals surface area (Å²) in [5, 5.41) is 0. The summed E-state index contributed by atoms with van der Waals surface area (Å²) in [5.41, 5.74) is 5.10. The fraction of sp³-hybridized carbons (Fsp3) is 0.462. The summed E-state index contributed by atoms with van der Waals surface area (Å²) in [6, 6.07) is 13.8. The highest BCUT2D eigenvalue weighted by Gasteiger charge is 2.41. The van der Waals surface area contributed by atoms with E-state index in [1.54, 1.807) is 4.90 Å². The van der Waals surface area contributed by atoms with Crippen molar-refractivity contribution < 1.29 is 14.3 Å². The van der Waals surface area contributed by atoms with Crippen molar-refractivity contribution in [3.63, 3.8) is 0 Å².